The molecule has 10 heteroatoms. The minimum Gasteiger partial charge on any atom is -0.387 e. The van der Waals surface area contributed by atoms with Crippen molar-refractivity contribution in [2.45, 2.75) is 19.2 Å². The van der Waals surface area contributed by atoms with Crippen LogP contribution in [0.25, 0.3) is 5.69 Å². The second-order valence-corrected chi connectivity index (χ2v) is 6.07. The minimum absolute atomic E-state index is 0.291. The van der Waals surface area contributed by atoms with Crippen molar-refractivity contribution in [1.29, 1.82) is 0 Å². The number of tetrazole rings is 1. The molecule has 0 aliphatic heterocycles. The second-order valence-electron chi connectivity index (χ2n) is 6.07. The molecule has 2 N–H and O–H groups in total. The quantitative estimate of drug-likeness (QED) is 0.697. The molecule has 3 rings (SSSR count). The maximum Gasteiger partial charge on any atom is 0.416 e. The summed E-state index contributed by atoms with van der Waals surface area (Å²) in [7, 11) is 0. The van der Waals surface area contributed by atoms with Crippen LogP contribution in [0.2, 0.25) is 0 Å². The highest BCUT2D eigenvalue weighted by Gasteiger charge is 2.34. The van der Waals surface area contributed by atoms with Crippen LogP contribution < -0.4 is 5.32 Å². The monoisotopic (exact) mass is 391 g/mol. The third kappa shape index (κ3) is 4.17. The molecule has 1 aromatic heterocycles. The molecule has 7 nitrogen and oxygen atoms in total. The average Bonchev–Trinajstić information content (AvgIpc) is 3.19. The van der Waals surface area contributed by atoms with Crippen molar-refractivity contribution in [2.75, 3.05) is 6.54 Å². The number of benzene rings is 2. The summed E-state index contributed by atoms with van der Waals surface area (Å²) in [6.45, 7) is 1.40. The first-order chi connectivity index (χ1) is 13.3. The fraction of sp³-hybridized carbons (Fsp3) is 0.222. The summed E-state index contributed by atoms with van der Waals surface area (Å²) in [5.74, 6) is -0.519. The Morgan fingerprint density at radius 1 is 1.25 bits per heavy atom. The largest absolute Gasteiger partial charge is 0.416 e. The van der Waals surface area contributed by atoms with E-state index < -0.39 is 23.8 Å². The van der Waals surface area contributed by atoms with Crippen molar-refractivity contribution in [3.63, 3.8) is 0 Å². The van der Waals surface area contributed by atoms with Gasteiger partial charge in [-0.05, 0) is 52.7 Å². The highest BCUT2D eigenvalue weighted by molar-refractivity contribution is 5.94. The Kier molecular flexibility index (Phi) is 5.41. The highest BCUT2D eigenvalue weighted by Crippen LogP contribution is 2.34. The molecule has 0 bridgehead atoms. The molecule has 146 valence electrons. The summed E-state index contributed by atoms with van der Waals surface area (Å²) in [4.78, 5) is 12.3. The topological polar surface area (TPSA) is 92.9 Å². The van der Waals surface area contributed by atoms with Crippen LogP contribution in [0.3, 0.4) is 0 Å². The van der Waals surface area contributed by atoms with Crippen LogP contribution in [0, 0.1) is 6.92 Å². The molecule has 0 aliphatic carbocycles. The van der Waals surface area contributed by atoms with Gasteiger partial charge in [0.1, 0.15) is 6.33 Å². The first-order valence-corrected chi connectivity index (χ1v) is 8.24. The summed E-state index contributed by atoms with van der Waals surface area (Å²) in [5.41, 5.74) is 0.480. The number of nitrogens with zero attached hydrogens (tertiary/aromatic N) is 4. The number of halogens is 3. The number of nitrogens with one attached hydrogen (secondary N) is 1. The number of alkyl halides is 3. The number of aliphatic hydroxyl groups excluding tert-OH is 1. The lowest BCUT2D eigenvalue weighted by Gasteiger charge is -2.18. The summed E-state index contributed by atoms with van der Waals surface area (Å²) in [5, 5.41) is 23.5. The third-order valence-electron chi connectivity index (χ3n) is 4.14. The molecule has 0 radical (unpaired) electrons. The predicted molar refractivity (Wildman–Crippen MR) is 92.6 cm³/mol. The smallest absolute Gasteiger partial charge is 0.387 e. The van der Waals surface area contributed by atoms with Crippen LogP contribution in [0.15, 0.2) is 48.8 Å². The van der Waals surface area contributed by atoms with Crippen LogP contribution in [-0.2, 0) is 6.18 Å². The van der Waals surface area contributed by atoms with E-state index in [2.05, 4.69) is 20.8 Å². The maximum atomic E-state index is 13.1. The average molecular weight is 391 g/mol. The molecular weight excluding hydrogens is 375 g/mol. The molecule has 0 fully saturated rings. The standard InChI is InChI=1S/C18H16F3N5O2/c1-11-8-12(6-7-15(11)26-10-23-24-25-26)17(28)22-9-16(27)13-4-2-3-5-14(13)18(19,20)21/h2-8,10,16,27H,9H2,1H3,(H,22,28). The van der Waals surface area contributed by atoms with Gasteiger partial charge in [0.15, 0.2) is 0 Å². The number of amides is 1. The summed E-state index contributed by atoms with van der Waals surface area (Å²) in [6.07, 6.45) is -4.68. The van der Waals surface area contributed by atoms with Gasteiger partial charge in [0.2, 0.25) is 0 Å². The van der Waals surface area contributed by atoms with Crippen LogP contribution in [0.1, 0.15) is 33.2 Å². The molecule has 1 heterocycles. The first kappa shape index (κ1) is 19.5. The van der Waals surface area contributed by atoms with Gasteiger partial charge in [-0.3, -0.25) is 4.79 Å². The number of carbonyl (C=O) groups excluding carboxylic acids is 1. The van der Waals surface area contributed by atoms with E-state index in [-0.39, 0.29) is 12.1 Å². The lowest BCUT2D eigenvalue weighted by Crippen LogP contribution is -2.29. The van der Waals surface area contributed by atoms with Crippen molar-refractivity contribution in [1.82, 2.24) is 25.5 Å². The molecule has 1 amide bonds. The van der Waals surface area contributed by atoms with Crippen molar-refractivity contribution >= 4 is 5.91 Å². The molecule has 0 saturated carbocycles. The van der Waals surface area contributed by atoms with Crippen molar-refractivity contribution in [3.8, 4) is 5.69 Å². The second kappa shape index (κ2) is 7.77. The van der Waals surface area contributed by atoms with Gasteiger partial charge in [0, 0.05) is 12.1 Å². The fourth-order valence-electron chi connectivity index (χ4n) is 2.77. The fourth-order valence-corrected chi connectivity index (χ4v) is 2.77. The zero-order valence-corrected chi connectivity index (χ0v) is 14.7. The lowest BCUT2D eigenvalue weighted by molar-refractivity contribution is -0.139. The molecule has 0 spiro atoms. The molecule has 3 aromatic rings. The number of hydrogen-bond acceptors (Lipinski definition) is 5. The number of aromatic nitrogens is 4. The molecular formula is C18H16F3N5O2. The Morgan fingerprint density at radius 3 is 2.64 bits per heavy atom. The van der Waals surface area contributed by atoms with Gasteiger partial charge < -0.3 is 10.4 Å². The molecule has 1 unspecified atom stereocenters. The Labute approximate surface area is 157 Å². The molecule has 1 atom stereocenters. The molecule has 0 aliphatic rings. The summed E-state index contributed by atoms with van der Waals surface area (Å²) in [6, 6.07) is 9.50. The number of aliphatic hydroxyl groups is 1. The van der Waals surface area contributed by atoms with Gasteiger partial charge in [-0.15, -0.1) is 5.10 Å². The number of carbonyl (C=O) groups is 1. The number of rotatable bonds is 5. The van der Waals surface area contributed by atoms with Gasteiger partial charge in [-0.2, -0.15) is 13.2 Å². The number of aryl methyl sites for hydroxylation is 1. The normalized spacial score (nSPS) is 12.6. The van der Waals surface area contributed by atoms with E-state index in [1.165, 1.54) is 35.3 Å². The molecule has 0 saturated heterocycles. The highest BCUT2D eigenvalue weighted by atomic mass is 19.4. The van der Waals surface area contributed by atoms with Gasteiger partial charge >= 0.3 is 6.18 Å². The van der Waals surface area contributed by atoms with Gasteiger partial charge in [-0.25, -0.2) is 4.68 Å². The van der Waals surface area contributed by atoms with Crippen LogP contribution >= 0.6 is 0 Å². The SMILES string of the molecule is Cc1cc(C(=O)NCC(O)c2ccccc2C(F)(F)F)ccc1-n1cnnn1. The maximum absolute atomic E-state index is 13.1. The van der Waals surface area contributed by atoms with E-state index in [0.29, 0.717) is 11.3 Å². The molecule has 2 aromatic carbocycles. The van der Waals surface area contributed by atoms with Crippen molar-refractivity contribution < 1.29 is 23.1 Å². The van der Waals surface area contributed by atoms with E-state index in [1.807, 2.05) is 0 Å². The minimum atomic E-state index is -4.59. The predicted octanol–water partition coefficient (Wildman–Crippen LogP) is 2.45. The van der Waals surface area contributed by atoms with E-state index >= 15 is 0 Å². The van der Waals surface area contributed by atoms with Gasteiger partial charge in [0.25, 0.3) is 5.91 Å². The summed E-state index contributed by atoms with van der Waals surface area (Å²) >= 11 is 0. The van der Waals surface area contributed by atoms with Crippen molar-refractivity contribution in [2.24, 2.45) is 0 Å². The zero-order chi connectivity index (χ0) is 20.3. The Balaban J connectivity index is 1.70. The van der Waals surface area contributed by atoms with E-state index in [1.54, 1.807) is 19.1 Å². The van der Waals surface area contributed by atoms with E-state index in [4.69, 9.17) is 0 Å². The first-order valence-electron chi connectivity index (χ1n) is 8.24. The summed E-state index contributed by atoms with van der Waals surface area (Å²) < 4.78 is 40.6. The van der Waals surface area contributed by atoms with Crippen molar-refractivity contribution in [3.05, 3.63) is 71.0 Å². The van der Waals surface area contributed by atoms with E-state index in [9.17, 15) is 23.1 Å². The van der Waals surface area contributed by atoms with Crippen LogP contribution in [-0.4, -0.2) is 37.8 Å². The third-order valence-corrected chi connectivity index (χ3v) is 4.14. The Hall–Kier alpha value is -3.27. The van der Waals surface area contributed by atoms with Gasteiger partial charge in [0.05, 0.1) is 17.4 Å². The zero-order valence-electron chi connectivity index (χ0n) is 14.7. The van der Waals surface area contributed by atoms with Crippen LogP contribution in [0.4, 0.5) is 13.2 Å². The van der Waals surface area contributed by atoms with Crippen LogP contribution in [0.5, 0.6) is 0 Å². The van der Waals surface area contributed by atoms with E-state index in [0.717, 1.165) is 11.6 Å². The Bertz CT molecular complexity index is 974. The number of hydrogen-bond donors (Lipinski definition) is 2. The lowest BCUT2D eigenvalue weighted by atomic mass is 10.0. The Morgan fingerprint density at radius 2 is 2.00 bits per heavy atom. The van der Waals surface area contributed by atoms with Gasteiger partial charge in [-0.1, -0.05) is 18.2 Å². The molecule has 28 heavy (non-hydrogen) atoms.